The van der Waals surface area contributed by atoms with Crippen LogP contribution in [0.2, 0.25) is 5.02 Å². The quantitative estimate of drug-likeness (QED) is 0.432. The van der Waals surface area contributed by atoms with Crippen LogP contribution in [0.5, 0.6) is 0 Å². The fourth-order valence-electron chi connectivity index (χ4n) is 2.25. The van der Waals surface area contributed by atoms with E-state index >= 15 is 0 Å². The molecule has 2 heterocycles. The third-order valence-corrected chi connectivity index (χ3v) is 4.63. The van der Waals surface area contributed by atoms with Gasteiger partial charge in [-0.3, -0.25) is 4.52 Å². The van der Waals surface area contributed by atoms with Gasteiger partial charge >= 0.3 is 11.3 Å². The molecule has 0 spiro atoms. The van der Waals surface area contributed by atoms with E-state index in [1.165, 1.54) is 22.2 Å². The predicted octanol–water partition coefficient (Wildman–Crippen LogP) is 3.17. The normalized spacial score (nSPS) is 11.3. The number of benzene rings is 2. The molecule has 9 heteroatoms. The molecule has 26 heavy (non-hydrogen) atoms. The summed E-state index contributed by atoms with van der Waals surface area (Å²) in [5.74, 6) is 0. The maximum atomic E-state index is 12.0. The van der Waals surface area contributed by atoms with Gasteiger partial charge in [-0.2, -0.15) is 0 Å². The SMILES string of the molecule is O=c1o[nH][n+](-c2ccc(Cl)cc2)c1C=Nc1nnc(-c2ccccc2)s1. The van der Waals surface area contributed by atoms with Gasteiger partial charge in [-0.1, -0.05) is 53.3 Å². The number of hydrogen-bond acceptors (Lipinski definition) is 6. The zero-order valence-electron chi connectivity index (χ0n) is 13.2. The Kier molecular flexibility index (Phi) is 4.42. The number of aromatic amines is 1. The lowest BCUT2D eigenvalue weighted by Crippen LogP contribution is -2.38. The number of nitrogens with one attached hydrogen (secondary N) is 1. The van der Waals surface area contributed by atoms with Gasteiger partial charge in [-0.05, 0) is 22.1 Å². The Bertz CT molecular complexity index is 1120. The molecule has 0 saturated carbocycles. The van der Waals surface area contributed by atoms with Gasteiger partial charge in [-0.15, -0.1) is 10.2 Å². The van der Waals surface area contributed by atoms with Gasteiger partial charge in [0.05, 0.1) is 0 Å². The summed E-state index contributed by atoms with van der Waals surface area (Å²) in [4.78, 5) is 16.2. The van der Waals surface area contributed by atoms with Crippen LogP contribution in [0.25, 0.3) is 16.3 Å². The first-order chi connectivity index (χ1) is 12.7. The topological polar surface area (TPSA) is 88.0 Å². The molecule has 0 fully saturated rings. The molecule has 4 aromatic rings. The minimum atomic E-state index is -0.545. The molecule has 0 atom stereocenters. The van der Waals surface area contributed by atoms with Crippen LogP contribution in [0.15, 0.2) is 68.9 Å². The summed E-state index contributed by atoms with van der Waals surface area (Å²) in [7, 11) is 0. The summed E-state index contributed by atoms with van der Waals surface area (Å²) < 4.78 is 6.34. The van der Waals surface area contributed by atoms with Gasteiger partial charge in [0.2, 0.25) is 10.8 Å². The van der Waals surface area contributed by atoms with E-state index in [2.05, 4.69) is 20.5 Å². The highest BCUT2D eigenvalue weighted by molar-refractivity contribution is 7.18. The Morgan fingerprint density at radius 1 is 1.12 bits per heavy atom. The van der Waals surface area contributed by atoms with E-state index in [9.17, 15) is 4.79 Å². The van der Waals surface area contributed by atoms with Gasteiger partial charge in [0.25, 0.3) is 0 Å². The van der Waals surface area contributed by atoms with Crippen molar-refractivity contribution in [1.82, 2.24) is 15.5 Å². The number of hydrogen-bond donors (Lipinski definition) is 1. The van der Waals surface area contributed by atoms with Crippen LogP contribution in [0.3, 0.4) is 0 Å². The number of nitrogens with zero attached hydrogens (tertiary/aromatic N) is 4. The van der Waals surface area contributed by atoms with E-state index < -0.39 is 5.63 Å². The molecule has 2 aromatic carbocycles. The van der Waals surface area contributed by atoms with Crippen molar-refractivity contribution in [2.75, 3.05) is 0 Å². The molecule has 0 amide bonds. The first-order valence-corrected chi connectivity index (χ1v) is 8.72. The molecule has 0 unspecified atom stereocenters. The third kappa shape index (κ3) is 3.32. The van der Waals surface area contributed by atoms with Crippen LogP contribution in [0.1, 0.15) is 5.69 Å². The number of aromatic nitrogens is 4. The van der Waals surface area contributed by atoms with Crippen LogP contribution in [0, 0.1) is 0 Å². The summed E-state index contributed by atoms with van der Waals surface area (Å²) in [6.07, 6.45) is 1.40. The molecule has 0 saturated heterocycles. The third-order valence-electron chi connectivity index (χ3n) is 3.50. The molecule has 2 aromatic heterocycles. The lowest BCUT2D eigenvalue weighted by atomic mass is 10.2. The van der Waals surface area contributed by atoms with Crippen molar-refractivity contribution in [1.29, 1.82) is 0 Å². The Morgan fingerprint density at radius 3 is 2.65 bits per heavy atom. The maximum absolute atomic E-state index is 12.0. The van der Waals surface area contributed by atoms with Gasteiger partial charge in [-0.25, -0.2) is 9.79 Å². The van der Waals surface area contributed by atoms with Crippen LogP contribution in [0.4, 0.5) is 5.13 Å². The molecule has 0 aliphatic rings. The Morgan fingerprint density at radius 2 is 1.88 bits per heavy atom. The van der Waals surface area contributed by atoms with Gasteiger partial charge in [0, 0.05) is 22.7 Å². The molecule has 0 aliphatic carbocycles. The van der Waals surface area contributed by atoms with E-state index in [1.54, 1.807) is 24.3 Å². The Labute approximate surface area is 156 Å². The second-order valence-corrected chi connectivity index (χ2v) is 6.58. The van der Waals surface area contributed by atoms with Crippen molar-refractivity contribution >= 4 is 34.3 Å². The first kappa shape index (κ1) is 16.4. The lowest BCUT2D eigenvalue weighted by Gasteiger charge is -1.91. The second kappa shape index (κ2) is 7.03. The smallest absolute Gasteiger partial charge is 0.282 e. The van der Waals surface area contributed by atoms with Crippen LogP contribution in [-0.2, 0) is 0 Å². The Balaban J connectivity index is 1.64. The summed E-state index contributed by atoms with van der Waals surface area (Å²) in [5, 5.41) is 12.5. The molecule has 0 radical (unpaired) electrons. The van der Waals surface area contributed by atoms with Crippen LogP contribution >= 0.6 is 22.9 Å². The summed E-state index contributed by atoms with van der Waals surface area (Å²) in [6, 6.07) is 16.6. The first-order valence-electron chi connectivity index (χ1n) is 7.53. The molecular weight excluding hydrogens is 374 g/mol. The second-order valence-electron chi connectivity index (χ2n) is 5.19. The fourth-order valence-corrected chi connectivity index (χ4v) is 3.08. The highest BCUT2D eigenvalue weighted by Crippen LogP contribution is 2.27. The molecule has 0 aliphatic heterocycles. The summed E-state index contributed by atoms with van der Waals surface area (Å²) in [5.41, 5.74) is 1.33. The van der Waals surface area contributed by atoms with E-state index in [0.29, 0.717) is 15.8 Å². The van der Waals surface area contributed by atoms with Gasteiger partial charge in [0.15, 0.2) is 0 Å². The van der Waals surface area contributed by atoms with Crippen LogP contribution < -0.4 is 10.3 Å². The zero-order chi connectivity index (χ0) is 17.9. The van der Waals surface area contributed by atoms with Gasteiger partial charge < -0.3 is 0 Å². The maximum Gasteiger partial charge on any atom is 0.436 e. The molecule has 4 rings (SSSR count). The van der Waals surface area contributed by atoms with Crippen LogP contribution in [-0.4, -0.2) is 21.7 Å². The number of H-pyrrole nitrogens is 1. The highest BCUT2D eigenvalue weighted by atomic mass is 35.5. The molecule has 1 N–H and O–H groups in total. The van der Waals surface area contributed by atoms with E-state index in [4.69, 9.17) is 16.1 Å². The highest BCUT2D eigenvalue weighted by Gasteiger charge is 2.21. The molecule has 128 valence electrons. The standard InChI is InChI=1S/C17H10ClN5O2S/c18-12-6-8-13(9-7-12)23-14(16(24)25-22-23)10-19-17-21-20-15(26-17)11-4-2-1-3-5-11/h1-10H/p+1. The molecular formula is C17H11ClN5O2S+. The van der Waals surface area contributed by atoms with E-state index in [-0.39, 0.29) is 5.69 Å². The predicted molar refractivity (Wildman–Crippen MR) is 98.5 cm³/mol. The number of rotatable bonds is 4. The minimum absolute atomic E-state index is 0.226. The zero-order valence-corrected chi connectivity index (χ0v) is 14.7. The van der Waals surface area contributed by atoms with Crippen molar-refractivity contribution in [2.24, 2.45) is 4.99 Å². The fraction of sp³-hybridized carbons (Fsp3) is 0. The van der Waals surface area contributed by atoms with E-state index in [0.717, 1.165) is 10.6 Å². The molecule has 7 nitrogen and oxygen atoms in total. The van der Waals surface area contributed by atoms with Crippen molar-refractivity contribution in [3.05, 3.63) is 75.7 Å². The minimum Gasteiger partial charge on any atom is -0.282 e. The average Bonchev–Trinajstić information content (AvgIpc) is 3.28. The van der Waals surface area contributed by atoms with Crippen molar-refractivity contribution in [3.63, 3.8) is 0 Å². The molecule has 0 bridgehead atoms. The van der Waals surface area contributed by atoms with Gasteiger partial charge in [0.1, 0.15) is 11.2 Å². The van der Waals surface area contributed by atoms with Crippen molar-refractivity contribution in [2.45, 2.75) is 0 Å². The summed E-state index contributed by atoms with van der Waals surface area (Å²) >= 11 is 7.22. The average molecular weight is 385 g/mol. The van der Waals surface area contributed by atoms with Crippen molar-refractivity contribution < 1.29 is 9.20 Å². The largest absolute Gasteiger partial charge is 0.436 e. The summed E-state index contributed by atoms with van der Waals surface area (Å²) in [6.45, 7) is 0. The number of aliphatic imine (C=N–C) groups is 1. The Hall–Kier alpha value is -3.10. The van der Waals surface area contributed by atoms with E-state index in [1.807, 2.05) is 30.3 Å². The number of halogens is 1. The van der Waals surface area contributed by atoms with Crippen molar-refractivity contribution in [3.8, 4) is 16.3 Å². The monoisotopic (exact) mass is 384 g/mol. The lowest BCUT2D eigenvalue weighted by molar-refractivity contribution is -0.671.